The summed E-state index contributed by atoms with van der Waals surface area (Å²) in [6.45, 7) is 5.53. The Morgan fingerprint density at radius 3 is 2.67 bits per heavy atom. The fourth-order valence-electron chi connectivity index (χ4n) is 5.07. The molecule has 2 aliphatic rings. The lowest BCUT2D eigenvalue weighted by Gasteiger charge is -2.37. The highest BCUT2D eigenvalue weighted by Gasteiger charge is 2.36. The number of aromatic amines is 1. The third kappa shape index (κ3) is 3.00. The number of fused-ring (bicyclic) bond motifs is 2. The number of hydrogen-bond acceptors (Lipinski definition) is 2. The van der Waals surface area contributed by atoms with Crippen molar-refractivity contribution in [3.63, 3.8) is 0 Å². The zero-order valence-corrected chi connectivity index (χ0v) is 17.6. The minimum absolute atomic E-state index is 0.0762. The maximum Gasteiger partial charge on any atom is 0.270 e. The number of aryl methyl sites for hydroxylation is 2. The Balaban J connectivity index is 1.35. The second kappa shape index (κ2) is 7.31. The molecule has 2 amide bonds. The fourth-order valence-corrected chi connectivity index (χ4v) is 5.07. The largest absolute Gasteiger partial charge is 0.350 e. The van der Waals surface area contributed by atoms with Crippen molar-refractivity contribution in [1.29, 1.82) is 0 Å². The van der Waals surface area contributed by atoms with E-state index in [9.17, 15) is 9.59 Å². The van der Waals surface area contributed by atoms with E-state index in [1.165, 1.54) is 5.56 Å². The minimum Gasteiger partial charge on any atom is -0.350 e. The van der Waals surface area contributed by atoms with Gasteiger partial charge in [-0.1, -0.05) is 36.8 Å². The fraction of sp³-hybridized carbons (Fsp3) is 0.360. The first-order valence-electron chi connectivity index (χ1n) is 10.9. The topological polar surface area (TPSA) is 56.4 Å². The van der Waals surface area contributed by atoms with Crippen LogP contribution >= 0.6 is 0 Å². The summed E-state index contributed by atoms with van der Waals surface area (Å²) in [5.41, 5.74) is 6.21. The van der Waals surface area contributed by atoms with E-state index in [4.69, 9.17) is 0 Å². The van der Waals surface area contributed by atoms with Crippen molar-refractivity contribution in [2.75, 3.05) is 18.0 Å². The lowest BCUT2D eigenvalue weighted by molar-refractivity contribution is -0.118. The number of benzene rings is 2. The molecule has 2 aliphatic heterocycles. The summed E-state index contributed by atoms with van der Waals surface area (Å²) in [6, 6.07) is 14.5. The van der Waals surface area contributed by atoms with Gasteiger partial charge in [0.25, 0.3) is 5.91 Å². The molecule has 0 unspecified atom stereocenters. The van der Waals surface area contributed by atoms with Crippen molar-refractivity contribution in [3.05, 3.63) is 64.8 Å². The van der Waals surface area contributed by atoms with Crippen molar-refractivity contribution >= 4 is 28.4 Å². The highest BCUT2D eigenvalue weighted by atomic mass is 16.2. The number of amides is 2. The molecule has 1 saturated heterocycles. The SMILES string of the molecule is CCc1c(C(=O)N2CCC(N3C(=O)Cc4ccccc43)CC2)[nH]c2ccc(C)cc12. The molecule has 0 saturated carbocycles. The number of nitrogens with zero attached hydrogens (tertiary/aromatic N) is 2. The third-order valence-corrected chi connectivity index (χ3v) is 6.61. The van der Waals surface area contributed by atoms with E-state index in [-0.39, 0.29) is 17.9 Å². The number of anilines is 1. The molecule has 0 spiro atoms. The van der Waals surface area contributed by atoms with E-state index in [0.29, 0.717) is 19.5 Å². The van der Waals surface area contributed by atoms with Gasteiger partial charge in [0.1, 0.15) is 5.69 Å². The van der Waals surface area contributed by atoms with E-state index >= 15 is 0 Å². The van der Waals surface area contributed by atoms with Crippen LogP contribution in [0.25, 0.3) is 10.9 Å². The van der Waals surface area contributed by atoms with E-state index < -0.39 is 0 Å². The van der Waals surface area contributed by atoms with E-state index in [2.05, 4.69) is 37.0 Å². The number of piperidine rings is 1. The quantitative estimate of drug-likeness (QED) is 0.714. The highest BCUT2D eigenvalue weighted by molar-refractivity contribution is 6.02. The molecule has 5 nitrogen and oxygen atoms in total. The lowest BCUT2D eigenvalue weighted by atomic mass is 10.0. The predicted octanol–water partition coefficient (Wildman–Crippen LogP) is 4.23. The van der Waals surface area contributed by atoms with Gasteiger partial charge in [-0.2, -0.15) is 0 Å². The maximum absolute atomic E-state index is 13.3. The summed E-state index contributed by atoms with van der Waals surface area (Å²) in [7, 11) is 0. The molecule has 1 N–H and O–H groups in total. The van der Waals surface area contributed by atoms with Gasteiger partial charge in [-0.05, 0) is 55.5 Å². The van der Waals surface area contributed by atoms with Crippen LogP contribution in [0.1, 0.15) is 46.9 Å². The van der Waals surface area contributed by atoms with Crippen LogP contribution in [0.15, 0.2) is 42.5 Å². The molecule has 0 bridgehead atoms. The van der Waals surface area contributed by atoms with Gasteiger partial charge in [0, 0.05) is 35.7 Å². The number of rotatable bonds is 3. The van der Waals surface area contributed by atoms with Crippen LogP contribution in [-0.4, -0.2) is 40.8 Å². The summed E-state index contributed by atoms with van der Waals surface area (Å²) in [6.07, 6.45) is 2.93. The molecule has 0 atom stereocenters. The Morgan fingerprint density at radius 2 is 1.90 bits per heavy atom. The van der Waals surface area contributed by atoms with Crippen LogP contribution in [0.2, 0.25) is 0 Å². The number of carbonyl (C=O) groups excluding carboxylic acids is 2. The van der Waals surface area contributed by atoms with Gasteiger partial charge in [-0.25, -0.2) is 0 Å². The van der Waals surface area contributed by atoms with Gasteiger partial charge in [-0.3, -0.25) is 9.59 Å². The van der Waals surface area contributed by atoms with Crippen molar-refractivity contribution in [2.24, 2.45) is 0 Å². The zero-order valence-electron chi connectivity index (χ0n) is 17.6. The average molecular weight is 402 g/mol. The number of hydrogen-bond donors (Lipinski definition) is 1. The Morgan fingerprint density at radius 1 is 1.13 bits per heavy atom. The molecular formula is C25H27N3O2. The maximum atomic E-state index is 13.3. The Bertz CT molecular complexity index is 1140. The highest BCUT2D eigenvalue weighted by Crippen LogP contribution is 2.34. The number of H-pyrrole nitrogens is 1. The molecule has 0 radical (unpaired) electrons. The monoisotopic (exact) mass is 401 g/mol. The number of carbonyl (C=O) groups is 2. The summed E-state index contributed by atoms with van der Waals surface area (Å²) >= 11 is 0. The predicted molar refractivity (Wildman–Crippen MR) is 119 cm³/mol. The van der Waals surface area contributed by atoms with Crippen LogP contribution in [0.3, 0.4) is 0 Å². The minimum atomic E-state index is 0.0762. The zero-order chi connectivity index (χ0) is 20.8. The van der Waals surface area contributed by atoms with Gasteiger partial charge in [0.05, 0.1) is 6.42 Å². The molecule has 1 fully saturated rings. The molecule has 2 aromatic carbocycles. The van der Waals surface area contributed by atoms with Crippen LogP contribution in [0.4, 0.5) is 5.69 Å². The number of aromatic nitrogens is 1. The van der Waals surface area contributed by atoms with Crippen molar-refractivity contribution in [1.82, 2.24) is 9.88 Å². The van der Waals surface area contributed by atoms with Gasteiger partial charge in [0.15, 0.2) is 0 Å². The third-order valence-electron chi connectivity index (χ3n) is 6.61. The van der Waals surface area contributed by atoms with Crippen molar-refractivity contribution in [2.45, 2.75) is 45.6 Å². The van der Waals surface area contributed by atoms with Crippen LogP contribution in [0, 0.1) is 6.92 Å². The molecule has 0 aliphatic carbocycles. The van der Waals surface area contributed by atoms with Crippen LogP contribution in [0.5, 0.6) is 0 Å². The van der Waals surface area contributed by atoms with Crippen LogP contribution in [-0.2, 0) is 17.6 Å². The molecular weight excluding hydrogens is 374 g/mol. The summed E-state index contributed by atoms with van der Waals surface area (Å²) in [5.74, 6) is 0.257. The molecule has 3 aromatic rings. The molecule has 3 heterocycles. The molecule has 30 heavy (non-hydrogen) atoms. The number of nitrogens with one attached hydrogen (secondary N) is 1. The smallest absolute Gasteiger partial charge is 0.270 e. The molecule has 5 heteroatoms. The number of para-hydroxylation sites is 1. The van der Waals surface area contributed by atoms with E-state index in [1.54, 1.807) is 0 Å². The van der Waals surface area contributed by atoms with Crippen molar-refractivity contribution in [3.8, 4) is 0 Å². The molecule has 154 valence electrons. The second-order valence-electron chi connectivity index (χ2n) is 8.47. The second-order valence-corrected chi connectivity index (χ2v) is 8.47. The summed E-state index contributed by atoms with van der Waals surface area (Å²) in [5, 5.41) is 1.15. The van der Waals surface area contributed by atoms with Gasteiger partial charge in [0.2, 0.25) is 5.91 Å². The van der Waals surface area contributed by atoms with Crippen LogP contribution < -0.4 is 4.90 Å². The van der Waals surface area contributed by atoms with E-state index in [1.807, 2.05) is 34.1 Å². The van der Waals surface area contributed by atoms with Gasteiger partial charge >= 0.3 is 0 Å². The average Bonchev–Trinajstić information content (AvgIpc) is 3.29. The normalized spacial score (nSPS) is 17.1. The Labute approximate surface area is 176 Å². The first-order chi connectivity index (χ1) is 14.6. The van der Waals surface area contributed by atoms with Gasteiger partial charge in [-0.15, -0.1) is 0 Å². The summed E-state index contributed by atoms with van der Waals surface area (Å²) in [4.78, 5) is 33.2. The first-order valence-corrected chi connectivity index (χ1v) is 10.9. The van der Waals surface area contributed by atoms with Crippen molar-refractivity contribution < 1.29 is 9.59 Å². The standard InChI is InChI=1S/C25H27N3O2/c1-3-19-20-14-16(2)8-9-21(20)26-24(19)25(30)27-12-10-18(11-13-27)28-22-7-5-4-6-17(22)15-23(28)29/h4-9,14,18,26H,3,10-13,15H2,1-2H3. The van der Waals surface area contributed by atoms with Gasteiger partial charge < -0.3 is 14.8 Å². The molecule has 1 aromatic heterocycles. The lowest BCUT2D eigenvalue weighted by Crippen LogP contribution is -2.48. The van der Waals surface area contributed by atoms with E-state index in [0.717, 1.165) is 52.7 Å². The first kappa shape index (κ1) is 18.9. The molecule has 5 rings (SSSR count). The Hall–Kier alpha value is -3.08. The Kier molecular flexibility index (Phi) is 4.61. The number of likely N-dealkylation sites (tertiary alicyclic amines) is 1. The summed E-state index contributed by atoms with van der Waals surface area (Å²) < 4.78 is 0.